The molecule has 2 aliphatic heterocycles. The predicted octanol–water partition coefficient (Wildman–Crippen LogP) is 2.10. The van der Waals surface area contributed by atoms with Crippen LogP contribution >= 0.6 is 0 Å². The highest BCUT2D eigenvalue weighted by Gasteiger charge is 2.25. The Morgan fingerprint density at radius 2 is 2.32 bits per heavy atom. The van der Waals surface area contributed by atoms with Crippen molar-refractivity contribution in [1.29, 1.82) is 0 Å². The summed E-state index contributed by atoms with van der Waals surface area (Å²) in [5, 5.41) is 0. The smallest absolute Gasteiger partial charge is 0.159 e. The summed E-state index contributed by atoms with van der Waals surface area (Å²) in [6, 6.07) is 4.67. The normalized spacial score (nSPS) is 26.2. The van der Waals surface area contributed by atoms with Crippen LogP contribution in [0.1, 0.15) is 25.1 Å². The van der Waals surface area contributed by atoms with Gasteiger partial charge < -0.3 is 14.2 Å². The maximum absolute atomic E-state index is 5.55. The van der Waals surface area contributed by atoms with Crippen molar-refractivity contribution in [2.75, 3.05) is 26.8 Å². The van der Waals surface area contributed by atoms with Gasteiger partial charge in [-0.15, -0.1) is 0 Å². The number of likely N-dealkylation sites (tertiary alicyclic amines) is 1. The van der Waals surface area contributed by atoms with Crippen LogP contribution < -0.4 is 0 Å². The van der Waals surface area contributed by atoms with E-state index in [0.717, 1.165) is 43.8 Å². The first-order chi connectivity index (χ1) is 10.8. The van der Waals surface area contributed by atoms with Gasteiger partial charge in [0, 0.05) is 37.7 Å². The highest BCUT2D eigenvalue weighted by molar-refractivity contribution is 5.71. The van der Waals surface area contributed by atoms with Crippen molar-refractivity contribution in [3.63, 3.8) is 0 Å². The quantitative estimate of drug-likeness (QED) is 0.867. The number of nitrogens with zero attached hydrogens (tertiary/aromatic N) is 4. The van der Waals surface area contributed by atoms with E-state index < -0.39 is 0 Å². The van der Waals surface area contributed by atoms with Crippen LogP contribution in [0.15, 0.2) is 18.3 Å². The molecule has 2 aromatic rings. The van der Waals surface area contributed by atoms with Crippen molar-refractivity contribution in [3.05, 3.63) is 24.2 Å². The van der Waals surface area contributed by atoms with Crippen LogP contribution in [0.3, 0.4) is 0 Å². The van der Waals surface area contributed by atoms with Crippen LogP contribution in [0, 0.1) is 5.92 Å². The van der Waals surface area contributed by atoms with Crippen molar-refractivity contribution in [3.8, 4) is 0 Å². The van der Waals surface area contributed by atoms with E-state index in [0.29, 0.717) is 12.0 Å². The molecular weight excluding hydrogens is 276 g/mol. The lowest BCUT2D eigenvalue weighted by molar-refractivity contribution is 0.182. The van der Waals surface area contributed by atoms with Gasteiger partial charge in [0.1, 0.15) is 11.3 Å². The van der Waals surface area contributed by atoms with Gasteiger partial charge in [-0.2, -0.15) is 0 Å². The Balaban J connectivity index is 1.65. The van der Waals surface area contributed by atoms with Crippen LogP contribution in [0.4, 0.5) is 0 Å². The monoisotopic (exact) mass is 300 g/mol. The molecule has 2 fully saturated rings. The van der Waals surface area contributed by atoms with Gasteiger partial charge >= 0.3 is 0 Å². The van der Waals surface area contributed by atoms with Gasteiger partial charge in [-0.25, -0.2) is 9.97 Å². The molecule has 0 aromatic carbocycles. The molecule has 5 heteroatoms. The van der Waals surface area contributed by atoms with E-state index in [1.165, 1.54) is 25.2 Å². The van der Waals surface area contributed by atoms with Gasteiger partial charge in [-0.1, -0.05) is 0 Å². The van der Waals surface area contributed by atoms with Gasteiger partial charge in [0.05, 0.1) is 6.61 Å². The van der Waals surface area contributed by atoms with Crippen molar-refractivity contribution in [2.24, 2.45) is 5.92 Å². The number of pyridine rings is 1. The molecule has 4 heterocycles. The number of aromatic nitrogens is 3. The topological polar surface area (TPSA) is 43.2 Å². The molecule has 2 unspecified atom stereocenters. The number of hydrogen-bond acceptors (Lipinski definition) is 4. The molecule has 0 N–H and O–H groups in total. The Morgan fingerprint density at radius 3 is 3.09 bits per heavy atom. The summed E-state index contributed by atoms with van der Waals surface area (Å²) in [4.78, 5) is 11.9. The molecule has 0 radical (unpaired) electrons. The van der Waals surface area contributed by atoms with E-state index in [9.17, 15) is 0 Å². The molecule has 2 aliphatic rings. The molecule has 22 heavy (non-hydrogen) atoms. The second-order valence-corrected chi connectivity index (χ2v) is 6.70. The van der Waals surface area contributed by atoms with Crippen molar-refractivity contribution in [1.82, 2.24) is 19.4 Å². The number of fused-ring (bicyclic) bond motifs is 1. The molecule has 2 saturated heterocycles. The summed E-state index contributed by atoms with van der Waals surface area (Å²) >= 11 is 0. The molecule has 2 aromatic heterocycles. The van der Waals surface area contributed by atoms with Crippen molar-refractivity contribution < 1.29 is 4.74 Å². The molecule has 0 bridgehead atoms. The average molecular weight is 300 g/mol. The standard InChI is InChI=1S/C17H24N4O/c1-20-8-3-4-14(20)10-16-19-15-5-2-7-18-17(15)21(16)11-13-6-9-22-12-13/h2,5,7,13-14H,3-4,6,8-12H2,1H3. The maximum atomic E-state index is 5.55. The molecule has 0 aliphatic carbocycles. The minimum Gasteiger partial charge on any atom is -0.381 e. The Labute approximate surface area is 131 Å². The number of likely N-dealkylation sites (N-methyl/N-ethyl adjacent to an activating group) is 1. The third kappa shape index (κ3) is 2.63. The average Bonchev–Trinajstić information content (AvgIpc) is 3.24. The first-order valence-electron chi connectivity index (χ1n) is 8.39. The second kappa shape index (κ2) is 5.97. The maximum Gasteiger partial charge on any atom is 0.159 e. The van der Waals surface area contributed by atoms with E-state index in [-0.39, 0.29) is 0 Å². The lowest BCUT2D eigenvalue weighted by atomic mass is 10.1. The number of rotatable bonds is 4. The molecule has 0 spiro atoms. The van der Waals surface area contributed by atoms with Crippen LogP contribution in [0.5, 0.6) is 0 Å². The molecule has 5 nitrogen and oxygen atoms in total. The van der Waals surface area contributed by atoms with Gasteiger partial charge in [0.25, 0.3) is 0 Å². The first-order valence-corrected chi connectivity index (χ1v) is 8.39. The SMILES string of the molecule is CN1CCCC1Cc1nc2cccnc2n1CC1CCOC1. The molecule has 0 saturated carbocycles. The zero-order valence-corrected chi connectivity index (χ0v) is 13.2. The van der Waals surface area contributed by atoms with Gasteiger partial charge in [0.2, 0.25) is 0 Å². The fraction of sp³-hybridized carbons (Fsp3) is 0.647. The minimum absolute atomic E-state index is 0.597. The number of hydrogen-bond donors (Lipinski definition) is 0. The van der Waals surface area contributed by atoms with Crippen molar-refractivity contribution >= 4 is 11.2 Å². The summed E-state index contributed by atoms with van der Waals surface area (Å²) in [5.41, 5.74) is 2.06. The van der Waals surface area contributed by atoms with E-state index in [1.807, 2.05) is 12.3 Å². The number of ether oxygens (including phenoxy) is 1. The van der Waals surface area contributed by atoms with E-state index in [2.05, 4.69) is 27.6 Å². The van der Waals surface area contributed by atoms with Crippen LogP contribution in [0.2, 0.25) is 0 Å². The molecule has 2 atom stereocenters. The fourth-order valence-electron chi connectivity index (χ4n) is 3.79. The summed E-state index contributed by atoms with van der Waals surface area (Å²) in [5.74, 6) is 1.79. The lowest BCUT2D eigenvalue weighted by Gasteiger charge is -2.20. The summed E-state index contributed by atoms with van der Waals surface area (Å²) in [6.45, 7) is 3.96. The molecular formula is C17H24N4O. The van der Waals surface area contributed by atoms with Gasteiger partial charge in [0.15, 0.2) is 5.65 Å². The van der Waals surface area contributed by atoms with Crippen molar-refractivity contribution in [2.45, 2.75) is 38.3 Å². The van der Waals surface area contributed by atoms with Gasteiger partial charge in [-0.3, -0.25) is 0 Å². The molecule has 118 valence electrons. The Morgan fingerprint density at radius 1 is 1.36 bits per heavy atom. The Bertz CT molecular complexity index is 647. The Hall–Kier alpha value is -1.46. The van der Waals surface area contributed by atoms with Gasteiger partial charge in [-0.05, 0) is 45.0 Å². The summed E-state index contributed by atoms with van der Waals surface area (Å²) in [6.07, 6.45) is 6.63. The predicted molar refractivity (Wildman–Crippen MR) is 85.8 cm³/mol. The number of imidazole rings is 1. The third-order valence-electron chi connectivity index (χ3n) is 5.14. The summed E-state index contributed by atoms with van der Waals surface area (Å²) in [7, 11) is 2.23. The minimum atomic E-state index is 0.597. The zero-order chi connectivity index (χ0) is 14.9. The fourth-order valence-corrected chi connectivity index (χ4v) is 3.79. The van der Waals surface area contributed by atoms with E-state index in [1.54, 1.807) is 0 Å². The molecule has 4 rings (SSSR count). The third-order valence-corrected chi connectivity index (χ3v) is 5.14. The lowest BCUT2D eigenvalue weighted by Crippen LogP contribution is -2.28. The molecule has 0 amide bonds. The van der Waals surface area contributed by atoms with Crippen LogP contribution in [0.25, 0.3) is 11.2 Å². The second-order valence-electron chi connectivity index (χ2n) is 6.70. The first kappa shape index (κ1) is 14.2. The van der Waals surface area contributed by atoms with Crippen LogP contribution in [-0.2, 0) is 17.7 Å². The van der Waals surface area contributed by atoms with E-state index >= 15 is 0 Å². The highest BCUT2D eigenvalue weighted by Crippen LogP contribution is 2.24. The van der Waals surface area contributed by atoms with Crippen LogP contribution in [-0.4, -0.2) is 52.3 Å². The van der Waals surface area contributed by atoms with E-state index in [4.69, 9.17) is 9.72 Å². The Kier molecular flexibility index (Phi) is 3.84. The zero-order valence-electron chi connectivity index (χ0n) is 13.2. The highest BCUT2D eigenvalue weighted by atomic mass is 16.5. The largest absolute Gasteiger partial charge is 0.381 e. The summed E-state index contributed by atoms with van der Waals surface area (Å²) < 4.78 is 7.89.